The molecule has 1 aromatic rings. The van der Waals surface area contributed by atoms with Gasteiger partial charge >= 0.3 is 12.1 Å². The van der Waals surface area contributed by atoms with Crippen molar-refractivity contribution in [3.8, 4) is 0 Å². The quantitative estimate of drug-likeness (QED) is 0.678. The molecule has 2 aliphatic rings. The third kappa shape index (κ3) is 4.62. The number of halogens is 3. The van der Waals surface area contributed by atoms with Crippen molar-refractivity contribution >= 4 is 35.2 Å². The average molecular weight is 435 g/mol. The van der Waals surface area contributed by atoms with Crippen LogP contribution in [-0.2, 0) is 31.8 Å². The van der Waals surface area contributed by atoms with Crippen molar-refractivity contribution in [2.24, 2.45) is 21.9 Å². The lowest BCUT2D eigenvalue weighted by Gasteiger charge is -2.20. The molecule has 10 heteroatoms. The molecule has 0 radical (unpaired) electrons. The number of alkyl halides is 3. The van der Waals surface area contributed by atoms with E-state index >= 15 is 0 Å². The van der Waals surface area contributed by atoms with E-state index in [1.54, 1.807) is 6.92 Å². The summed E-state index contributed by atoms with van der Waals surface area (Å²) >= 11 is 0. The van der Waals surface area contributed by atoms with E-state index in [9.17, 15) is 32.3 Å². The van der Waals surface area contributed by atoms with Crippen LogP contribution in [0.3, 0.4) is 0 Å². The Balaban J connectivity index is 1.85. The fraction of sp³-hybridized carbons (Fsp3) is 0.429. The molecule has 3 atom stereocenters. The highest BCUT2D eigenvalue weighted by Crippen LogP contribution is 2.30. The number of carbonyl (C=O) groups excluding carboxylic acids is 4. The molecule has 1 amide bonds. The van der Waals surface area contributed by atoms with Crippen molar-refractivity contribution < 1.29 is 32.3 Å². The summed E-state index contributed by atoms with van der Waals surface area (Å²) in [6.45, 7) is 1.70. The largest absolute Gasteiger partial charge is 0.416 e. The zero-order valence-electron chi connectivity index (χ0n) is 16.8. The molecule has 0 aliphatic carbocycles. The number of amides is 1. The maximum absolute atomic E-state index is 12.9. The number of ketones is 3. The van der Waals surface area contributed by atoms with Gasteiger partial charge in [-0.05, 0) is 30.5 Å². The van der Waals surface area contributed by atoms with Gasteiger partial charge in [0.1, 0.15) is 12.0 Å². The van der Waals surface area contributed by atoms with Crippen molar-refractivity contribution in [3.63, 3.8) is 0 Å². The summed E-state index contributed by atoms with van der Waals surface area (Å²) in [5.74, 6) is -4.66. The summed E-state index contributed by atoms with van der Waals surface area (Å²) in [6, 6.07) is 3.52. The molecule has 3 unspecified atom stereocenters. The first kappa shape index (κ1) is 22.5. The second-order valence-corrected chi connectivity index (χ2v) is 7.50. The maximum atomic E-state index is 12.9. The van der Waals surface area contributed by atoms with Crippen molar-refractivity contribution in [2.75, 3.05) is 7.05 Å². The average Bonchev–Trinajstić information content (AvgIpc) is 2.83. The Labute approximate surface area is 176 Å². The van der Waals surface area contributed by atoms with Crippen LogP contribution in [0, 0.1) is 11.8 Å². The van der Waals surface area contributed by atoms with Crippen molar-refractivity contribution in [1.29, 1.82) is 0 Å². The molecule has 2 heterocycles. The monoisotopic (exact) mass is 435 g/mol. The zero-order chi connectivity index (χ0) is 22.9. The molecule has 1 aromatic carbocycles. The van der Waals surface area contributed by atoms with Crippen LogP contribution in [0.25, 0.3) is 0 Å². The lowest BCUT2D eigenvalue weighted by atomic mass is 9.86. The molecule has 0 N–H and O–H groups in total. The smallest absolute Gasteiger partial charge is 0.297 e. The summed E-state index contributed by atoms with van der Waals surface area (Å²) in [4.78, 5) is 54.3. The van der Waals surface area contributed by atoms with Gasteiger partial charge in [-0.3, -0.25) is 24.2 Å². The van der Waals surface area contributed by atoms with E-state index in [1.165, 1.54) is 19.2 Å². The Morgan fingerprint density at radius 3 is 2.32 bits per heavy atom. The van der Waals surface area contributed by atoms with Gasteiger partial charge in [0.05, 0.1) is 11.3 Å². The van der Waals surface area contributed by atoms with Crippen LogP contribution < -0.4 is 0 Å². The van der Waals surface area contributed by atoms with Crippen LogP contribution >= 0.6 is 0 Å². The van der Waals surface area contributed by atoms with Gasteiger partial charge in [0, 0.05) is 25.6 Å². The molecule has 164 valence electrons. The Morgan fingerprint density at radius 2 is 1.74 bits per heavy atom. The highest BCUT2D eigenvalue weighted by atomic mass is 19.4. The van der Waals surface area contributed by atoms with Gasteiger partial charge in [0.15, 0.2) is 11.6 Å². The molecular weight excluding hydrogens is 415 g/mol. The highest BCUT2D eigenvalue weighted by molar-refractivity contribution is 6.55. The lowest BCUT2D eigenvalue weighted by molar-refractivity contribution is -0.144. The van der Waals surface area contributed by atoms with E-state index in [4.69, 9.17) is 0 Å². The van der Waals surface area contributed by atoms with E-state index in [0.29, 0.717) is 5.56 Å². The summed E-state index contributed by atoms with van der Waals surface area (Å²) in [7, 11) is 1.31. The van der Waals surface area contributed by atoms with Crippen molar-refractivity contribution in [2.45, 2.75) is 38.4 Å². The molecule has 2 aliphatic heterocycles. The number of rotatable bonds is 4. The molecule has 0 spiro atoms. The second kappa shape index (κ2) is 8.52. The zero-order valence-corrected chi connectivity index (χ0v) is 16.8. The highest BCUT2D eigenvalue weighted by Gasteiger charge is 2.41. The van der Waals surface area contributed by atoms with Gasteiger partial charge < -0.3 is 0 Å². The Kier molecular flexibility index (Phi) is 6.19. The molecule has 31 heavy (non-hydrogen) atoms. The third-order valence-electron chi connectivity index (χ3n) is 5.36. The van der Waals surface area contributed by atoms with Crippen LogP contribution in [0.2, 0.25) is 0 Å². The van der Waals surface area contributed by atoms with Crippen LogP contribution in [0.5, 0.6) is 0 Å². The number of carbonyl (C=O) groups is 4. The minimum absolute atomic E-state index is 0.0659. The number of hydrogen-bond donors (Lipinski definition) is 0. The van der Waals surface area contributed by atoms with E-state index in [2.05, 4.69) is 10.1 Å². The first-order valence-electron chi connectivity index (χ1n) is 9.69. The normalized spacial score (nSPS) is 25.0. The summed E-state index contributed by atoms with van der Waals surface area (Å²) in [5.41, 5.74) is -0.504. The molecule has 0 bridgehead atoms. The van der Waals surface area contributed by atoms with E-state index in [0.717, 1.165) is 23.4 Å². The first-order chi connectivity index (χ1) is 14.5. The SMILES string of the molecule is CCC1N=C(C2C=NN(C)C(=O)C2=O)C(=O)CC(Cc2ccc(C(F)(F)F)cc2)C1=O. The Bertz CT molecular complexity index is 983. The van der Waals surface area contributed by atoms with E-state index in [-0.39, 0.29) is 30.8 Å². The summed E-state index contributed by atoms with van der Waals surface area (Å²) < 4.78 is 38.3. The van der Waals surface area contributed by atoms with Gasteiger partial charge in [-0.25, -0.2) is 5.01 Å². The molecular formula is C21H20F3N3O4. The molecule has 0 aromatic heterocycles. The second-order valence-electron chi connectivity index (χ2n) is 7.50. The predicted octanol–water partition coefficient (Wildman–Crippen LogP) is 2.27. The van der Waals surface area contributed by atoms with Crippen molar-refractivity contribution in [3.05, 3.63) is 35.4 Å². The number of nitrogens with zero attached hydrogens (tertiary/aromatic N) is 3. The maximum Gasteiger partial charge on any atom is 0.416 e. The molecule has 3 rings (SSSR count). The first-order valence-corrected chi connectivity index (χ1v) is 9.69. The van der Waals surface area contributed by atoms with Gasteiger partial charge in [0.25, 0.3) is 0 Å². The number of Topliss-reactive ketones (excluding diaryl/α,β-unsaturated/α-hetero) is 3. The Morgan fingerprint density at radius 1 is 1.10 bits per heavy atom. The van der Waals surface area contributed by atoms with E-state index < -0.39 is 47.1 Å². The fourth-order valence-corrected chi connectivity index (χ4v) is 3.61. The van der Waals surface area contributed by atoms with Gasteiger partial charge in [-0.1, -0.05) is 19.1 Å². The van der Waals surface area contributed by atoms with Gasteiger partial charge in [-0.2, -0.15) is 18.3 Å². The molecule has 0 fully saturated rings. The fourth-order valence-electron chi connectivity index (χ4n) is 3.61. The minimum Gasteiger partial charge on any atom is -0.297 e. The number of hydrazone groups is 1. The van der Waals surface area contributed by atoms with Gasteiger partial charge in [0.2, 0.25) is 5.78 Å². The van der Waals surface area contributed by atoms with Crippen LogP contribution in [-0.4, -0.2) is 53.3 Å². The standard InChI is InChI=1S/C21H20F3N3O4/c1-3-15-18(29)12(8-11-4-6-13(7-5-11)21(22,23)24)9-16(28)17(26-15)14-10-25-27(2)20(31)19(14)30/h4-7,10,12,14-15H,3,8-9H2,1-2H3. The van der Waals surface area contributed by atoms with Crippen molar-refractivity contribution in [1.82, 2.24) is 5.01 Å². The van der Waals surface area contributed by atoms with Crippen LogP contribution in [0.15, 0.2) is 34.4 Å². The molecule has 7 nitrogen and oxygen atoms in total. The number of hydrogen-bond acceptors (Lipinski definition) is 6. The number of benzene rings is 1. The molecule has 0 saturated carbocycles. The predicted molar refractivity (Wildman–Crippen MR) is 105 cm³/mol. The number of aliphatic imine (C=N–C) groups is 1. The molecule has 0 saturated heterocycles. The Hall–Kier alpha value is -3.17. The summed E-state index contributed by atoms with van der Waals surface area (Å²) in [6.07, 6.45) is -3.23. The minimum atomic E-state index is -4.47. The lowest BCUT2D eigenvalue weighted by Crippen LogP contribution is -2.44. The van der Waals surface area contributed by atoms with Crippen LogP contribution in [0.1, 0.15) is 30.9 Å². The topological polar surface area (TPSA) is 96.2 Å². The van der Waals surface area contributed by atoms with Gasteiger partial charge in [-0.15, -0.1) is 0 Å². The number of likely N-dealkylation sites (N-methyl/N-ethyl adjacent to an activating group) is 1. The van der Waals surface area contributed by atoms with E-state index in [1.807, 2.05) is 0 Å². The third-order valence-corrected chi connectivity index (χ3v) is 5.36. The van der Waals surface area contributed by atoms with Crippen LogP contribution in [0.4, 0.5) is 13.2 Å². The summed E-state index contributed by atoms with van der Waals surface area (Å²) in [5, 5.41) is 4.65.